The van der Waals surface area contributed by atoms with Crippen LogP contribution in [0.25, 0.3) is 0 Å². The van der Waals surface area contributed by atoms with Crippen molar-refractivity contribution in [2.45, 2.75) is 12.5 Å². The predicted molar refractivity (Wildman–Crippen MR) is 67.0 cm³/mol. The first-order valence-corrected chi connectivity index (χ1v) is 5.65. The summed E-state index contributed by atoms with van der Waals surface area (Å²) in [6, 6.07) is 4.43. The molecule has 0 heterocycles. The highest BCUT2D eigenvalue weighted by Gasteiger charge is 2.25. The van der Waals surface area contributed by atoms with Crippen LogP contribution in [0.5, 0.6) is 0 Å². The van der Waals surface area contributed by atoms with Crippen molar-refractivity contribution in [2.75, 3.05) is 18.5 Å². The molecule has 0 saturated carbocycles. The number of rotatable bonds is 5. The number of nitrogens with zero attached hydrogens (tertiary/aromatic N) is 1. The summed E-state index contributed by atoms with van der Waals surface area (Å²) in [7, 11) is 0. The van der Waals surface area contributed by atoms with Crippen LogP contribution in [-0.2, 0) is 0 Å². The first-order valence-electron chi connectivity index (χ1n) is 4.86. The fraction of sp³-hybridized carbons (Fsp3) is 0.400. The SMILES string of the molecule is CC(CO)(CO)Nc1cc(Br)ccc1[N+](=O)[O-]. The van der Waals surface area contributed by atoms with Gasteiger partial charge < -0.3 is 15.5 Å². The number of halogens is 1. The molecule has 0 amide bonds. The van der Waals surface area contributed by atoms with Crippen LogP contribution in [0.4, 0.5) is 11.4 Å². The molecule has 0 spiro atoms. The Hall–Kier alpha value is -1.18. The zero-order chi connectivity index (χ0) is 13.1. The number of anilines is 1. The molecule has 0 aliphatic rings. The fourth-order valence-corrected chi connectivity index (χ4v) is 1.58. The smallest absolute Gasteiger partial charge is 0.292 e. The molecule has 7 heteroatoms. The Morgan fingerprint density at radius 2 is 2.06 bits per heavy atom. The number of aliphatic hydroxyl groups excluding tert-OH is 2. The quantitative estimate of drug-likeness (QED) is 0.566. The molecule has 1 aromatic rings. The van der Waals surface area contributed by atoms with Crippen molar-refractivity contribution in [3.8, 4) is 0 Å². The lowest BCUT2D eigenvalue weighted by Gasteiger charge is -2.27. The molecule has 0 aromatic heterocycles. The summed E-state index contributed by atoms with van der Waals surface area (Å²) in [5.74, 6) is 0. The second-order valence-corrected chi connectivity index (χ2v) is 4.84. The van der Waals surface area contributed by atoms with Gasteiger partial charge in [-0.3, -0.25) is 10.1 Å². The van der Waals surface area contributed by atoms with E-state index >= 15 is 0 Å². The van der Waals surface area contributed by atoms with Crippen LogP contribution in [0.3, 0.4) is 0 Å². The summed E-state index contributed by atoms with van der Waals surface area (Å²) in [5, 5.41) is 31.9. The highest BCUT2D eigenvalue weighted by molar-refractivity contribution is 9.10. The van der Waals surface area contributed by atoms with Crippen molar-refractivity contribution >= 4 is 27.3 Å². The number of aliphatic hydroxyl groups is 2. The van der Waals surface area contributed by atoms with Gasteiger partial charge in [0.2, 0.25) is 0 Å². The number of nitro benzene ring substituents is 1. The van der Waals surface area contributed by atoms with E-state index in [1.807, 2.05) is 0 Å². The number of benzene rings is 1. The van der Waals surface area contributed by atoms with E-state index in [9.17, 15) is 10.1 Å². The Labute approximate surface area is 107 Å². The van der Waals surface area contributed by atoms with Crippen LogP contribution in [0.15, 0.2) is 22.7 Å². The molecule has 94 valence electrons. The summed E-state index contributed by atoms with van der Waals surface area (Å²) in [5.41, 5.74) is -0.873. The van der Waals surface area contributed by atoms with Gasteiger partial charge in [0.05, 0.1) is 23.7 Å². The van der Waals surface area contributed by atoms with Gasteiger partial charge in [0, 0.05) is 10.5 Å². The monoisotopic (exact) mass is 304 g/mol. The zero-order valence-corrected chi connectivity index (χ0v) is 10.8. The van der Waals surface area contributed by atoms with Crippen molar-refractivity contribution < 1.29 is 15.1 Å². The molecule has 0 saturated heterocycles. The minimum atomic E-state index is -1.01. The van der Waals surface area contributed by atoms with Crippen molar-refractivity contribution in [3.05, 3.63) is 32.8 Å². The first-order chi connectivity index (χ1) is 7.91. The number of nitro groups is 1. The molecule has 0 aliphatic heterocycles. The van der Waals surface area contributed by atoms with Crippen LogP contribution in [0.2, 0.25) is 0 Å². The van der Waals surface area contributed by atoms with Crippen LogP contribution in [0.1, 0.15) is 6.92 Å². The third-order valence-electron chi connectivity index (χ3n) is 2.29. The van der Waals surface area contributed by atoms with Crippen molar-refractivity contribution in [1.29, 1.82) is 0 Å². The maximum Gasteiger partial charge on any atom is 0.292 e. The third kappa shape index (κ3) is 3.39. The average molecular weight is 305 g/mol. The van der Waals surface area contributed by atoms with Gasteiger partial charge in [0.1, 0.15) is 5.69 Å². The van der Waals surface area contributed by atoms with Gasteiger partial charge in [-0.15, -0.1) is 0 Å². The van der Waals surface area contributed by atoms with Crippen LogP contribution in [0, 0.1) is 10.1 Å². The molecular formula is C10H13BrN2O4. The van der Waals surface area contributed by atoms with Crippen LogP contribution < -0.4 is 5.32 Å². The van der Waals surface area contributed by atoms with Gasteiger partial charge in [0.15, 0.2) is 0 Å². The zero-order valence-electron chi connectivity index (χ0n) is 9.18. The molecule has 0 atom stereocenters. The molecule has 0 unspecified atom stereocenters. The average Bonchev–Trinajstić information content (AvgIpc) is 2.28. The van der Waals surface area contributed by atoms with E-state index in [4.69, 9.17) is 10.2 Å². The third-order valence-corrected chi connectivity index (χ3v) is 2.78. The Kier molecular flexibility index (Phi) is 4.44. The highest BCUT2D eigenvalue weighted by atomic mass is 79.9. The highest BCUT2D eigenvalue weighted by Crippen LogP contribution is 2.30. The van der Waals surface area contributed by atoms with E-state index < -0.39 is 10.5 Å². The molecule has 0 bridgehead atoms. The van der Waals surface area contributed by atoms with E-state index in [-0.39, 0.29) is 24.6 Å². The first kappa shape index (κ1) is 13.9. The van der Waals surface area contributed by atoms with Crippen molar-refractivity contribution in [2.24, 2.45) is 0 Å². The van der Waals surface area contributed by atoms with Crippen LogP contribution in [-0.4, -0.2) is 33.9 Å². The molecule has 3 N–H and O–H groups in total. The van der Waals surface area contributed by atoms with E-state index in [2.05, 4.69) is 21.2 Å². The van der Waals surface area contributed by atoms with E-state index in [1.165, 1.54) is 12.1 Å². The van der Waals surface area contributed by atoms with Gasteiger partial charge in [0.25, 0.3) is 5.69 Å². The molecule has 0 fully saturated rings. The lowest BCUT2D eigenvalue weighted by atomic mass is 10.0. The molecular weight excluding hydrogens is 292 g/mol. The Morgan fingerprint density at radius 1 is 1.47 bits per heavy atom. The maximum absolute atomic E-state index is 10.8. The summed E-state index contributed by atoms with van der Waals surface area (Å²) in [6.45, 7) is 0.887. The number of nitrogens with one attached hydrogen (secondary N) is 1. The lowest BCUT2D eigenvalue weighted by molar-refractivity contribution is -0.384. The summed E-state index contributed by atoms with van der Waals surface area (Å²) in [4.78, 5) is 10.3. The summed E-state index contributed by atoms with van der Waals surface area (Å²) < 4.78 is 0.670. The summed E-state index contributed by atoms with van der Waals surface area (Å²) >= 11 is 3.21. The van der Waals surface area contributed by atoms with Crippen molar-refractivity contribution in [1.82, 2.24) is 0 Å². The minimum Gasteiger partial charge on any atom is -0.394 e. The van der Waals surface area contributed by atoms with Gasteiger partial charge in [-0.1, -0.05) is 15.9 Å². The minimum absolute atomic E-state index is 0.110. The second kappa shape index (κ2) is 5.44. The van der Waals surface area contributed by atoms with Crippen molar-refractivity contribution in [3.63, 3.8) is 0 Å². The number of hydrogen-bond acceptors (Lipinski definition) is 5. The molecule has 0 aliphatic carbocycles. The molecule has 17 heavy (non-hydrogen) atoms. The predicted octanol–water partition coefficient (Wildman–Crippen LogP) is 1.51. The molecule has 1 rings (SSSR count). The van der Waals surface area contributed by atoms with Gasteiger partial charge in [-0.05, 0) is 19.1 Å². The van der Waals surface area contributed by atoms with Crippen LogP contribution >= 0.6 is 15.9 Å². The number of hydrogen-bond donors (Lipinski definition) is 3. The van der Waals surface area contributed by atoms with E-state index in [0.717, 1.165) is 0 Å². The summed E-state index contributed by atoms with van der Waals surface area (Å²) in [6.07, 6.45) is 0. The van der Waals surface area contributed by atoms with Gasteiger partial charge in [-0.25, -0.2) is 0 Å². The standard InChI is InChI=1S/C10H13BrN2O4/c1-10(5-14,6-15)12-8-4-7(11)2-3-9(8)13(16)17/h2-4,12,14-15H,5-6H2,1H3. The topological polar surface area (TPSA) is 95.6 Å². The molecule has 0 radical (unpaired) electrons. The van der Waals surface area contributed by atoms with Gasteiger partial charge >= 0.3 is 0 Å². The maximum atomic E-state index is 10.8. The fourth-order valence-electron chi connectivity index (χ4n) is 1.22. The second-order valence-electron chi connectivity index (χ2n) is 3.92. The molecule has 1 aromatic carbocycles. The Morgan fingerprint density at radius 3 is 2.53 bits per heavy atom. The Bertz CT molecular complexity index is 421. The van der Waals surface area contributed by atoms with Gasteiger partial charge in [-0.2, -0.15) is 0 Å². The Balaban J connectivity index is 3.12. The van der Waals surface area contributed by atoms with E-state index in [1.54, 1.807) is 13.0 Å². The normalized spacial score (nSPS) is 11.3. The molecule has 6 nitrogen and oxygen atoms in total. The van der Waals surface area contributed by atoms with E-state index in [0.29, 0.717) is 4.47 Å². The lowest BCUT2D eigenvalue weighted by Crippen LogP contribution is -2.42. The largest absolute Gasteiger partial charge is 0.394 e.